The molecule has 0 fully saturated rings. The van der Waals surface area contributed by atoms with E-state index in [1.54, 1.807) is 6.92 Å². The lowest BCUT2D eigenvalue weighted by molar-refractivity contribution is -0.385. The third kappa shape index (κ3) is 4.88. The molecule has 104 valence electrons. The minimum atomic E-state index is -1.18. The molecule has 1 N–H and O–H groups in total. The van der Waals surface area contributed by atoms with Gasteiger partial charge in [0.2, 0.25) is 5.79 Å². The van der Waals surface area contributed by atoms with Crippen molar-refractivity contribution in [1.29, 1.82) is 0 Å². The maximum absolute atomic E-state index is 11.6. The summed E-state index contributed by atoms with van der Waals surface area (Å²) >= 11 is 0. The van der Waals surface area contributed by atoms with Gasteiger partial charge in [0.05, 0.1) is 0 Å². The van der Waals surface area contributed by atoms with Gasteiger partial charge in [-0.2, -0.15) is 4.89 Å². The van der Waals surface area contributed by atoms with Crippen molar-refractivity contribution in [1.82, 2.24) is 0 Å². The van der Waals surface area contributed by atoms with Crippen LogP contribution in [0, 0.1) is 0 Å². The molecule has 1 heterocycles. The molecule has 0 aromatic heterocycles. The van der Waals surface area contributed by atoms with Crippen LogP contribution < -0.4 is 0 Å². The van der Waals surface area contributed by atoms with Crippen molar-refractivity contribution in [2.45, 2.75) is 70.7 Å². The van der Waals surface area contributed by atoms with Crippen LogP contribution in [0.1, 0.15) is 58.8 Å². The van der Waals surface area contributed by atoms with Crippen LogP contribution in [0.3, 0.4) is 0 Å². The summed E-state index contributed by atoms with van der Waals surface area (Å²) in [5.74, 6) is -1.22. The second kappa shape index (κ2) is 7.67. The number of hydrogen-bond acceptors (Lipinski definition) is 4. The van der Waals surface area contributed by atoms with Gasteiger partial charge in [0.25, 0.3) is 0 Å². The molecule has 1 rings (SSSR count). The van der Waals surface area contributed by atoms with E-state index in [1.807, 2.05) is 0 Å². The second-order valence-corrected chi connectivity index (χ2v) is 5.01. The van der Waals surface area contributed by atoms with Gasteiger partial charge in [-0.1, -0.05) is 45.4 Å². The Morgan fingerprint density at radius 2 is 2.00 bits per heavy atom. The van der Waals surface area contributed by atoms with E-state index in [2.05, 4.69) is 11.8 Å². The zero-order valence-electron chi connectivity index (χ0n) is 11.4. The minimum Gasteiger partial charge on any atom is -0.333 e. The lowest BCUT2D eigenvalue weighted by Crippen LogP contribution is -2.41. The van der Waals surface area contributed by atoms with E-state index >= 15 is 0 Å². The zero-order chi connectivity index (χ0) is 13.4. The third-order valence-electron chi connectivity index (χ3n) is 3.25. The largest absolute Gasteiger partial charge is 0.333 e. The van der Waals surface area contributed by atoms with Gasteiger partial charge in [-0.25, -0.2) is 5.26 Å². The molecule has 4 nitrogen and oxygen atoms in total. The maximum Gasteiger partial charge on any atom is 0.218 e. The van der Waals surface area contributed by atoms with Gasteiger partial charge < -0.3 is 4.74 Å². The molecule has 1 aliphatic rings. The predicted octanol–water partition coefficient (Wildman–Crippen LogP) is 3.47. The van der Waals surface area contributed by atoms with Gasteiger partial charge in [0.15, 0.2) is 5.78 Å². The number of ether oxygens (including phenoxy) is 1. The van der Waals surface area contributed by atoms with Crippen molar-refractivity contribution in [3.63, 3.8) is 0 Å². The highest BCUT2D eigenvalue weighted by Gasteiger charge is 2.34. The normalized spacial score (nSPS) is 27.7. The van der Waals surface area contributed by atoms with Crippen molar-refractivity contribution < 1.29 is 19.7 Å². The fourth-order valence-corrected chi connectivity index (χ4v) is 2.08. The molecule has 0 aromatic rings. The number of carbonyl (C=O) groups is 1. The Morgan fingerprint density at radius 1 is 1.33 bits per heavy atom. The van der Waals surface area contributed by atoms with Gasteiger partial charge in [0.1, 0.15) is 6.10 Å². The topological polar surface area (TPSA) is 55.8 Å². The van der Waals surface area contributed by atoms with Crippen LogP contribution in [0.5, 0.6) is 0 Å². The molecule has 0 amide bonds. The first kappa shape index (κ1) is 15.3. The minimum absolute atomic E-state index is 0.0434. The molecule has 0 bridgehead atoms. The molecular weight excluding hydrogens is 232 g/mol. The van der Waals surface area contributed by atoms with Crippen molar-refractivity contribution in [3.05, 3.63) is 12.2 Å². The van der Waals surface area contributed by atoms with Crippen LogP contribution in [0.2, 0.25) is 0 Å². The highest BCUT2D eigenvalue weighted by atomic mass is 17.1. The van der Waals surface area contributed by atoms with Gasteiger partial charge in [-0.15, -0.1) is 0 Å². The first-order chi connectivity index (χ1) is 8.61. The van der Waals surface area contributed by atoms with Crippen LogP contribution in [0.15, 0.2) is 12.2 Å². The van der Waals surface area contributed by atoms with Crippen LogP contribution in [0.25, 0.3) is 0 Å². The summed E-state index contributed by atoms with van der Waals surface area (Å²) in [6.07, 6.45) is 10.1. The zero-order valence-corrected chi connectivity index (χ0v) is 11.4. The molecule has 1 aliphatic heterocycles. The number of carbonyl (C=O) groups excluding carboxylic acids is 1. The quantitative estimate of drug-likeness (QED) is 0.410. The fourth-order valence-electron chi connectivity index (χ4n) is 2.08. The van der Waals surface area contributed by atoms with E-state index in [9.17, 15) is 4.79 Å². The van der Waals surface area contributed by atoms with Crippen LogP contribution in [-0.4, -0.2) is 22.9 Å². The SMILES string of the molecule is CCCCCCCCC1OC(C)(OO)C=CC1=O. The Hall–Kier alpha value is -0.710. The molecule has 0 aromatic carbocycles. The number of hydrogen-bond donors (Lipinski definition) is 1. The summed E-state index contributed by atoms with van der Waals surface area (Å²) in [6, 6.07) is 0. The average molecular weight is 256 g/mol. The number of unbranched alkanes of at least 4 members (excludes halogenated alkanes) is 5. The highest BCUT2D eigenvalue weighted by Crippen LogP contribution is 2.24. The highest BCUT2D eigenvalue weighted by molar-refractivity contribution is 5.94. The Labute approximate surface area is 109 Å². The van der Waals surface area contributed by atoms with E-state index in [4.69, 9.17) is 9.99 Å². The van der Waals surface area contributed by atoms with Gasteiger partial charge >= 0.3 is 0 Å². The summed E-state index contributed by atoms with van der Waals surface area (Å²) in [5, 5.41) is 8.74. The van der Waals surface area contributed by atoms with E-state index in [-0.39, 0.29) is 5.78 Å². The lowest BCUT2D eigenvalue weighted by atomic mass is 10.0. The Kier molecular flexibility index (Phi) is 6.54. The van der Waals surface area contributed by atoms with Crippen molar-refractivity contribution >= 4 is 5.78 Å². The number of rotatable bonds is 8. The fraction of sp³-hybridized carbons (Fsp3) is 0.786. The monoisotopic (exact) mass is 256 g/mol. The second-order valence-electron chi connectivity index (χ2n) is 5.01. The Morgan fingerprint density at radius 3 is 2.67 bits per heavy atom. The Balaban J connectivity index is 2.25. The maximum atomic E-state index is 11.6. The Bertz CT molecular complexity index is 288. The molecule has 0 saturated heterocycles. The molecule has 2 unspecified atom stereocenters. The molecular formula is C14H24O4. The van der Waals surface area contributed by atoms with Crippen LogP contribution >= 0.6 is 0 Å². The molecule has 18 heavy (non-hydrogen) atoms. The lowest BCUT2D eigenvalue weighted by Gasteiger charge is -2.30. The molecule has 4 heteroatoms. The van der Waals surface area contributed by atoms with E-state index in [0.717, 1.165) is 12.8 Å². The smallest absolute Gasteiger partial charge is 0.218 e. The van der Waals surface area contributed by atoms with Crippen molar-refractivity contribution in [2.75, 3.05) is 0 Å². The summed E-state index contributed by atoms with van der Waals surface area (Å²) in [6.45, 7) is 3.78. The van der Waals surface area contributed by atoms with E-state index in [1.165, 1.54) is 37.8 Å². The molecule has 0 aliphatic carbocycles. The molecule has 0 radical (unpaired) electrons. The van der Waals surface area contributed by atoms with Crippen LogP contribution in [-0.2, 0) is 14.4 Å². The summed E-state index contributed by atoms with van der Waals surface area (Å²) < 4.78 is 5.45. The standard InChI is InChI=1S/C14H24O4/c1-3-4-5-6-7-8-9-13-12(15)10-11-14(2,17-13)18-16/h10-11,13,16H,3-9H2,1-2H3. The summed E-state index contributed by atoms with van der Waals surface area (Å²) in [5.41, 5.74) is 0. The molecule has 0 spiro atoms. The number of ketones is 1. The predicted molar refractivity (Wildman–Crippen MR) is 69.1 cm³/mol. The first-order valence-electron chi connectivity index (χ1n) is 6.85. The van der Waals surface area contributed by atoms with E-state index < -0.39 is 11.9 Å². The van der Waals surface area contributed by atoms with Crippen molar-refractivity contribution in [2.24, 2.45) is 0 Å². The molecule has 2 atom stereocenters. The average Bonchev–Trinajstić information content (AvgIpc) is 2.38. The molecule has 0 saturated carbocycles. The van der Waals surface area contributed by atoms with Crippen molar-refractivity contribution in [3.8, 4) is 0 Å². The van der Waals surface area contributed by atoms with Gasteiger partial charge in [-0.3, -0.25) is 4.79 Å². The summed E-state index contributed by atoms with van der Waals surface area (Å²) in [7, 11) is 0. The summed E-state index contributed by atoms with van der Waals surface area (Å²) in [4.78, 5) is 15.9. The third-order valence-corrected chi connectivity index (χ3v) is 3.25. The van der Waals surface area contributed by atoms with E-state index in [0.29, 0.717) is 6.42 Å². The van der Waals surface area contributed by atoms with Gasteiger partial charge in [-0.05, 0) is 25.5 Å². The first-order valence-corrected chi connectivity index (χ1v) is 6.85. The van der Waals surface area contributed by atoms with Gasteiger partial charge in [0, 0.05) is 0 Å². The van der Waals surface area contributed by atoms with Crippen LogP contribution in [0.4, 0.5) is 0 Å².